The topological polar surface area (TPSA) is 38.3 Å². The van der Waals surface area contributed by atoms with Crippen molar-refractivity contribution in [3.8, 4) is 0 Å². The maximum Gasteiger partial charge on any atom is 0.322 e. The van der Waals surface area contributed by atoms with Gasteiger partial charge < -0.3 is 10.1 Å². The highest BCUT2D eigenvalue weighted by molar-refractivity contribution is 5.75. The van der Waals surface area contributed by atoms with Crippen LogP contribution < -0.4 is 5.32 Å². The third-order valence-electron chi connectivity index (χ3n) is 4.59. The van der Waals surface area contributed by atoms with Crippen molar-refractivity contribution >= 4 is 5.97 Å². The summed E-state index contributed by atoms with van der Waals surface area (Å²) in [5, 5.41) is 3.27. The van der Waals surface area contributed by atoms with E-state index in [1.54, 1.807) is 0 Å². The normalized spacial score (nSPS) is 23.9. The van der Waals surface area contributed by atoms with Crippen molar-refractivity contribution in [3.63, 3.8) is 0 Å². The van der Waals surface area contributed by atoms with Crippen LogP contribution in [0.1, 0.15) is 41.5 Å². The van der Waals surface area contributed by atoms with E-state index in [9.17, 15) is 4.79 Å². The molecule has 0 aromatic heterocycles. The van der Waals surface area contributed by atoms with Crippen LogP contribution in [0.15, 0.2) is 0 Å². The van der Waals surface area contributed by atoms with Gasteiger partial charge in [-0.15, -0.1) is 0 Å². The minimum atomic E-state index is -0.202. The Kier molecular flexibility index (Phi) is 3.68. The molecule has 1 fully saturated rings. The number of esters is 1. The van der Waals surface area contributed by atoms with Crippen molar-refractivity contribution in [3.05, 3.63) is 0 Å². The van der Waals surface area contributed by atoms with Crippen LogP contribution in [0.4, 0.5) is 0 Å². The van der Waals surface area contributed by atoms with Gasteiger partial charge in [-0.3, -0.25) is 4.79 Å². The number of carbonyl (C=O) groups excluding carboxylic acids is 1. The molecule has 0 saturated heterocycles. The van der Waals surface area contributed by atoms with Gasteiger partial charge in [0.2, 0.25) is 0 Å². The SMILES string of the molecule is CCOC(=O)C(C)NCC1C(C)(C)C1(C)C. The zero-order chi connectivity index (χ0) is 12.6. The molecule has 0 bridgehead atoms. The van der Waals surface area contributed by atoms with E-state index in [0.717, 1.165) is 6.54 Å². The number of rotatable bonds is 5. The van der Waals surface area contributed by atoms with Crippen LogP contribution in [-0.4, -0.2) is 25.2 Å². The van der Waals surface area contributed by atoms with Crippen LogP contribution >= 0.6 is 0 Å². The Morgan fingerprint density at radius 1 is 1.31 bits per heavy atom. The first-order valence-electron chi connectivity index (χ1n) is 6.15. The maximum absolute atomic E-state index is 11.4. The molecule has 0 aromatic rings. The molecule has 0 aromatic carbocycles. The van der Waals surface area contributed by atoms with Gasteiger partial charge in [0.1, 0.15) is 6.04 Å². The molecule has 1 atom stereocenters. The zero-order valence-electron chi connectivity index (χ0n) is 11.4. The van der Waals surface area contributed by atoms with E-state index in [1.165, 1.54) is 0 Å². The summed E-state index contributed by atoms with van der Waals surface area (Å²) in [6.45, 7) is 14.2. The van der Waals surface area contributed by atoms with E-state index in [1.807, 2.05) is 13.8 Å². The van der Waals surface area contributed by atoms with Crippen LogP contribution in [0.5, 0.6) is 0 Å². The first-order chi connectivity index (χ1) is 7.25. The molecule has 0 amide bonds. The van der Waals surface area contributed by atoms with Crippen LogP contribution in [-0.2, 0) is 9.53 Å². The molecular weight excluding hydrogens is 202 g/mol. The van der Waals surface area contributed by atoms with E-state index < -0.39 is 0 Å². The summed E-state index contributed by atoms with van der Waals surface area (Å²) in [7, 11) is 0. The second kappa shape index (κ2) is 4.36. The second-order valence-corrected chi connectivity index (χ2v) is 5.88. The second-order valence-electron chi connectivity index (χ2n) is 5.88. The molecule has 1 aliphatic carbocycles. The molecule has 0 spiro atoms. The Morgan fingerprint density at radius 2 is 1.81 bits per heavy atom. The summed E-state index contributed by atoms with van der Waals surface area (Å²) in [6.07, 6.45) is 0. The van der Waals surface area contributed by atoms with Crippen LogP contribution in [0.2, 0.25) is 0 Å². The quantitative estimate of drug-likeness (QED) is 0.732. The molecule has 0 heterocycles. The summed E-state index contributed by atoms with van der Waals surface area (Å²) in [4.78, 5) is 11.4. The van der Waals surface area contributed by atoms with E-state index in [-0.39, 0.29) is 12.0 Å². The Labute approximate surface area is 98.9 Å². The van der Waals surface area contributed by atoms with Crippen molar-refractivity contribution in [2.24, 2.45) is 16.7 Å². The number of hydrogen-bond acceptors (Lipinski definition) is 3. The Morgan fingerprint density at radius 3 is 2.19 bits per heavy atom. The zero-order valence-corrected chi connectivity index (χ0v) is 11.4. The molecule has 1 N–H and O–H groups in total. The molecule has 1 rings (SSSR count). The van der Waals surface area contributed by atoms with Gasteiger partial charge in [0.15, 0.2) is 0 Å². The predicted octanol–water partition coefficient (Wildman–Crippen LogP) is 2.21. The molecule has 1 aliphatic rings. The predicted molar refractivity (Wildman–Crippen MR) is 65.1 cm³/mol. The fourth-order valence-corrected chi connectivity index (χ4v) is 2.49. The molecule has 0 aliphatic heterocycles. The number of nitrogens with one attached hydrogen (secondary N) is 1. The van der Waals surface area contributed by atoms with Crippen molar-refractivity contribution in [2.75, 3.05) is 13.2 Å². The lowest BCUT2D eigenvalue weighted by molar-refractivity contribution is -0.145. The van der Waals surface area contributed by atoms with Crippen LogP contribution in [0.3, 0.4) is 0 Å². The molecule has 1 saturated carbocycles. The van der Waals surface area contributed by atoms with E-state index >= 15 is 0 Å². The Balaban J connectivity index is 2.35. The van der Waals surface area contributed by atoms with Crippen molar-refractivity contribution in [2.45, 2.75) is 47.6 Å². The average molecular weight is 227 g/mol. The summed E-state index contributed by atoms with van der Waals surface area (Å²) >= 11 is 0. The van der Waals surface area contributed by atoms with E-state index in [0.29, 0.717) is 23.4 Å². The van der Waals surface area contributed by atoms with Gasteiger partial charge >= 0.3 is 5.97 Å². The maximum atomic E-state index is 11.4. The van der Waals surface area contributed by atoms with Gasteiger partial charge in [0, 0.05) is 0 Å². The number of hydrogen-bond donors (Lipinski definition) is 1. The van der Waals surface area contributed by atoms with E-state index in [2.05, 4.69) is 33.0 Å². The van der Waals surface area contributed by atoms with Gasteiger partial charge in [0.25, 0.3) is 0 Å². The highest BCUT2D eigenvalue weighted by Gasteiger charge is 2.63. The minimum absolute atomic E-state index is 0.154. The fraction of sp³-hybridized carbons (Fsp3) is 0.923. The molecular formula is C13H25NO2. The minimum Gasteiger partial charge on any atom is -0.465 e. The van der Waals surface area contributed by atoms with Gasteiger partial charge in [-0.1, -0.05) is 27.7 Å². The molecule has 16 heavy (non-hydrogen) atoms. The lowest BCUT2D eigenvalue weighted by Gasteiger charge is -2.13. The standard InChI is InChI=1S/C13H25NO2/c1-7-16-11(15)9(2)14-8-10-12(3,4)13(10,5)6/h9-10,14H,7-8H2,1-6H3. The molecule has 94 valence electrons. The summed E-state index contributed by atoms with van der Waals surface area (Å²) in [6, 6.07) is -0.202. The lowest BCUT2D eigenvalue weighted by Crippen LogP contribution is -2.37. The third-order valence-corrected chi connectivity index (χ3v) is 4.59. The van der Waals surface area contributed by atoms with Crippen molar-refractivity contribution in [1.29, 1.82) is 0 Å². The lowest BCUT2D eigenvalue weighted by atomic mass is 10.0. The summed E-state index contributed by atoms with van der Waals surface area (Å²) in [5.41, 5.74) is 0.739. The van der Waals surface area contributed by atoms with Crippen LogP contribution in [0.25, 0.3) is 0 Å². The molecule has 3 nitrogen and oxygen atoms in total. The Hall–Kier alpha value is -0.570. The monoisotopic (exact) mass is 227 g/mol. The summed E-state index contributed by atoms with van der Waals surface area (Å²) < 4.78 is 4.96. The van der Waals surface area contributed by atoms with Crippen molar-refractivity contribution < 1.29 is 9.53 Å². The first-order valence-corrected chi connectivity index (χ1v) is 6.15. The molecule has 1 unspecified atom stereocenters. The highest BCUT2D eigenvalue weighted by Crippen LogP contribution is 2.67. The number of ether oxygens (including phenoxy) is 1. The van der Waals surface area contributed by atoms with Crippen molar-refractivity contribution in [1.82, 2.24) is 5.32 Å². The molecule has 3 heteroatoms. The molecule has 0 radical (unpaired) electrons. The highest BCUT2D eigenvalue weighted by atomic mass is 16.5. The fourth-order valence-electron chi connectivity index (χ4n) is 2.49. The smallest absolute Gasteiger partial charge is 0.322 e. The van der Waals surface area contributed by atoms with Gasteiger partial charge in [-0.05, 0) is 37.1 Å². The summed E-state index contributed by atoms with van der Waals surface area (Å²) in [5.74, 6) is 0.482. The third kappa shape index (κ3) is 2.24. The number of carbonyl (C=O) groups is 1. The Bertz CT molecular complexity index is 257. The van der Waals surface area contributed by atoms with E-state index in [4.69, 9.17) is 4.74 Å². The average Bonchev–Trinajstić information content (AvgIpc) is 2.55. The van der Waals surface area contributed by atoms with Gasteiger partial charge in [-0.2, -0.15) is 0 Å². The van der Waals surface area contributed by atoms with Gasteiger partial charge in [-0.25, -0.2) is 0 Å². The van der Waals surface area contributed by atoms with Crippen LogP contribution in [0, 0.1) is 16.7 Å². The van der Waals surface area contributed by atoms with Gasteiger partial charge in [0.05, 0.1) is 6.61 Å². The first kappa shape index (κ1) is 13.5. The largest absolute Gasteiger partial charge is 0.465 e.